The Morgan fingerprint density at radius 3 is 0.917 bits per heavy atom. The van der Waals surface area contributed by atoms with Crippen LogP contribution in [-0.2, 0) is 4.74 Å². The van der Waals surface area contributed by atoms with Crippen molar-refractivity contribution in [3.63, 3.8) is 0 Å². The smallest absolute Gasteiger partial charge is 0.0351 e. The van der Waals surface area contributed by atoms with Crippen molar-refractivity contribution in [3.05, 3.63) is 0 Å². The normalized spacial score (nSPS) is 6.00. The highest BCUT2D eigenvalue weighted by atomic mass is 35.5. The Bertz CT molecular complexity index is 21.8. The van der Waals surface area contributed by atoms with E-state index in [1.807, 2.05) is 0 Å². The van der Waals surface area contributed by atoms with Crippen LogP contribution in [0.4, 0.5) is 0 Å². The van der Waals surface area contributed by atoms with Gasteiger partial charge in [0.05, 0.1) is 0 Å². The molecule has 0 aliphatic rings. The molecule has 0 aliphatic heterocycles. The summed E-state index contributed by atoms with van der Waals surface area (Å²) in [6, 6.07) is 0. The molecule has 0 N–H and O–H groups in total. The zero-order valence-electron chi connectivity index (χ0n) is 9.91. The van der Waals surface area contributed by atoms with Gasteiger partial charge in [0.15, 0.2) is 0 Å². The van der Waals surface area contributed by atoms with Crippen molar-refractivity contribution in [2.75, 3.05) is 20.6 Å². The predicted molar refractivity (Wildman–Crippen MR) is 61.3 cm³/mol. The fourth-order valence-corrected chi connectivity index (χ4v) is 0. The second-order valence-electron chi connectivity index (χ2n) is 2.12. The van der Waals surface area contributed by atoms with Crippen LogP contribution in [-0.4, -0.2) is 20.6 Å². The number of hydrogen-bond donors (Lipinski definition) is 0. The van der Waals surface area contributed by atoms with E-state index in [2.05, 4.69) is 44.0 Å². The lowest BCUT2D eigenvalue weighted by Crippen LogP contribution is -1.55. The van der Waals surface area contributed by atoms with Crippen LogP contribution in [0.1, 0.15) is 47.0 Å². The first-order valence-corrected chi connectivity index (χ1v) is 5.28. The molecular weight excluding hydrogens is 172 g/mol. The lowest BCUT2D eigenvalue weighted by Gasteiger charge is -1.68. The van der Waals surface area contributed by atoms with Gasteiger partial charge in [-0.2, -0.15) is 0 Å². The second kappa shape index (κ2) is 65.4. The van der Waals surface area contributed by atoms with E-state index in [4.69, 9.17) is 0 Å². The molecule has 0 radical (unpaired) electrons. The van der Waals surface area contributed by atoms with Gasteiger partial charge in [0.25, 0.3) is 0 Å². The summed E-state index contributed by atoms with van der Waals surface area (Å²) in [4.78, 5) is 0. The van der Waals surface area contributed by atoms with Crippen molar-refractivity contribution in [1.29, 1.82) is 0 Å². The lowest BCUT2D eigenvalue weighted by atomic mass is 10.4. The minimum Gasteiger partial charge on any atom is -0.388 e. The summed E-state index contributed by atoms with van der Waals surface area (Å²) in [6.07, 6.45) is 5.36. The van der Waals surface area contributed by atoms with E-state index in [1.165, 1.54) is 25.6 Å². The van der Waals surface area contributed by atoms with Crippen LogP contribution in [0.5, 0.6) is 0 Å². The summed E-state index contributed by atoms with van der Waals surface area (Å²) in [5.74, 6) is 0. The molecule has 80 valence electrons. The molecule has 0 aromatic carbocycles. The van der Waals surface area contributed by atoms with E-state index in [9.17, 15) is 0 Å². The molecule has 1 nitrogen and oxygen atoms in total. The molecule has 0 aliphatic carbocycles. The molecular formula is C10H27ClO. The summed E-state index contributed by atoms with van der Waals surface area (Å²) >= 11 is 4.64. The molecule has 0 saturated carbocycles. The summed E-state index contributed by atoms with van der Waals surface area (Å²) in [6.45, 7) is 8.61. The van der Waals surface area contributed by atoms with E-state index in [0.29, 0.717) is 0 Å². The second-order valence-corrected chi connectivity index (χ2v) is 2.12. The third-order valence-electron chi connectivity index (χ3n) is 0.500. The Hall–Kier alpha value is 0.250. The Morgan fingerprint density at radius 2 is 0.917 bits per heavy atom. The zero-order valence-corrected chi connectivity index (χ0v) is 10.7. The number of rotatable bonds is 1. The molecule has 0 spiro atoms. The third kappa shape index (κ3) is 561. The highest BCUT2D eigenvalue weighted by molar-refractivity contribution is 6.15. The molecule has 12 heavy (non-hydrogen) atoms. The number of alkyl halides is 1. The highest BCUT2D eigenvalue weighted by Gasteiger charge is 1.56. The van der Waals surface area contributed by atoms with Gasteiger partial charge in [-0.25, -0.2) is 0 Å². The summed E-state index contributed by atoms with van der Waals surface area (Å²) in [7, 11) is 3.25. The third-order valence-corrected chi connectivity index (χ3v) is 0.500. The molecule has 2 heteroatoms. The van der Waals surface area contributed by atoms with Gasteiger partial charge in [0.2, 0.25) is 0 Å². The van der Waals surface area contributed by atoms with Crippen molar-refractivity contribution in [2.24, 2.45) is 0 Å². The maximum atomic E-state index is 4.64. The van der Waals surface area contributed by atoms with Gasteiger partial charge in [-0.05, 0) is 0 Å². The summed E-state index contributed by atoms with van der Waals surface area (Å²) in [5, 5.41) is 0. The van der Waals surface area contributed by atoms with Crippen molar-refractivity contribution < 1.29 is 4.74 Å². The maximum Gasteiger partial charge on any atom is 0.0351 e. The first kappa shape index (κ1) is 22.8. The van der Waals surface area contributed by atoms with Crippen LogP contribution in [0.25, 0.3) is 0 Å². The Morgan fingerprint density at radius 1 is 0.833 bits per heavy atom. The van der Waals surface area contributed by atoms with Crippen LogP contribution in [0.3, 0.4) is 0 Å². The average molecular weight is 199 g/mol. The number of methoxy groups -OCH3 is 1. The van der Waals surface area contributed by atoms with E-state index < -0.39 is 0 Å². The Balaban J connectivity index is -0.0000000368. The number of ether oxygens (including phenoxy) is 1. The fourth-order valence-electron chi connectivity index (χ4n) is 0. The lowest BCUT2D eigenvalue weighted by molar-refractivity contribution is 0.277. The maximum absolute atomic E-state index is 4.64. The molecule has 0 heterocycles. The van der Waals surface area contributed by atoms with Crippen LogP contribution < -0.4 is 0 Å². The molecule has 0 saturated heterocycles. The number of hydrogen-bond acceptors (Lipinski definition) is 1. The molecule has 0 rings (SSSR count). The largest absolute Gasteiger partial charge is 0.388 e. The first-order chi connectivity index (χ1) is 5.74. The van der Waals surface area contributed by atoms with Gasteiger partial charge in [-0.1, -0.05) is 47.0 Å². The van der Waals surface area contributed by atoms with E-state index in [0.717, 1.165) is 0 Å². The quantitative estimate of drug-likeness (QED) is 0.570. The van der Waals surface area contributed by atoms with Gasteiger partial charge < -0.3 is 4.74 Å². The highest BCUT2D eigenvalue weighted by Crippen LogP contribution is 1.76. The molecule has 0 unspecified atom stereocenters. The molecule has 0 amide bonds. The van der Waals surface area contributed by atoms with Gasteiger partial charge in [0, 0.05) is 20.6 Å². The van der Waals surface area contributed by atoms with Crippen LogP contribution in [0.2, 0.25) is 0 Å². The standard InChI is InChI=1S/C4H10.C3H8.C2H6O.CH3Cl/c1-3-4-2;2*1-3-2;1-2/h3-4H2,1-2H3;3H2,1-2H3;1-2H3;1H3. The van der Waals surface area contributed by atoms with Crippen molar-refractivity contribution in [3.8, 4) is 0 Å². The first-order valence-electron chi connectivity index (χ1n) is 4.52. The average Bonchev–Trinajstić information content (AvgIpc) is 2.10. The SMILES string of the molecule is CCC.CCCC.CCl.COC. The summed E-state index contributed by atoms with van der Waals surface area (Å²) in [5.41, 5.74) is 0. The van der Waals surface area contributed by atoms with Gasteiger partial charge >= 0.3 is 0 Å². The van der Waals surface area contributed by atoms with Crippen LogP contribution in [0.15, 0.2) is 0 Å². The predicted octanol–water partition coefficient (Wildman–Crippen LogP) is 4.34. The van der Waals surface area contributed by atoms with E-state index in [1.54, 1.807) is 14.2 Å². The molecule has 0 fully saturated rings. The van der Waals surface area contributed by atoms with Gasteiger partial charge in [-0.3, -0.25) is 0 Å². The number of unbranched alkanes of at least 4 members (excludes halogenated alkanes) is 1. The van der Waals surface area contributed by atoms with Crippen molar-refractivity contribution in [2.45, 2.75) is 47.0 Å². The molecule has 0 bridgehead atoms. The topological polar surface area (TPSA) is 9.23 Å². The van der Waals surface area contributed by atoms with Crippen molar-refractivity contribution in [1.82, 2.24) is 0 Å². The van der Waals surface area contributed by atoms with E-state index in [-0.39, 0.29) is 0 Å². The minimum atomic E-state index is 1.25. The Labute approximate surface area is 84.5 Å². The molecule has 0 atom stereocenters. The molecule has 0 aromatic heterocycles. The Kier molecular flexibility index (Phi) is 124. The minimum absolute atomic E-state index is 1.25. The summed E-state index contributed by atoms with van der Waals surface area (Å²) < 4.78 is 4.25. The van der Waals surface area contributed by atoms with Crippen LogP contribution >= 0.6 is 11.6 Å². The fraction of sp³-hybridized carbons (Fsp3) is 1.00. The van der Waals surface area contributed by atoms with Crippen molar-refractivity contribution >= 4 is 11.6 Å². The van der Waals surface area contributed by atoms with Gasteiger partial charge in [-0.15, -0.1) is 11.6 Å². The van der Waals surface area contributed by atoms with Gasteiger partial charge in [0.1, 0.15) is 0 Å². The zero-order chi connectivity index (χ0) is 10.8. The molecule has 0 aromatic rings. The monoisotopic (exact) mass is 198 g/mol. The number of halogens is 1. The van der Waals surface area contributed by atoms with Crippen LogP contribution in [0, 0.1) is 0 Å². The van der Waals surface area contributed by atoms with E-state index >= 15 is 0 Å².